The van der Waals surface area contributed by atoms with Crippen LogP contribution in [0.4, 0.5) is 10.5 Å². The Hall–Kier alpha value is -2.99. The summed E-state index contributed by atoms with van der Waals surface area (Å²) in [6.07, 6.45) is 1.27. The number of nitrogens with one attached hydrogen (secondary N) is 1. The molecule has 0 aliphatic carbocycles. The fraction of sp³-hybridized carbons (Fsp3) is 0.345. The van der Waals surface area contributed by atoms with E-state index in [1.54, 1.807) is 12.0 Å². The molecule has 6 heteroatoms. The van der Waals surface area contributed by atoms with Crippen molar-refractivity contribution >= 4 is 27.7 Å². The molecule has 186 valence electrons. The Balaban J connectivity index is 1.84. The van der Waals surface area contributed by atoms with E-state index >= 15 is 0 Å². The zero-order chi connectivity index (χ0) is 25.3. The molecule has 0 atom stereocenters. The summed E-state index contributed by atoms with van der Waals surface area (Å²) in [5.41, 5.74) is 3.69. The molecule has 3 aromatic carbocycles. The topological polar surface area (TPSA) is 50.8 Å². The van der Waals surface area contributed by atoms with E-state index in [-0.39, 0.29) is 6.09 Å². The second-order valence-corrected chi connectivity index (χ2v) is 10.3. The summed E-state index contributed by atoms with van der Waals surface area (Å²) in [5.74, 6) is 0.739. The number of benzene rings is 3. The smallest absolute Gasteiger partial charge is 0.410 e. The lowest BCUT2D eigenvalue weighted by Crippen LogP contribution is -2.38. The van der Waals surface area contributed by atoms with Gasteiger partial charge in [-0.05, 0) is 56.9 Å². The van der Waals surface area contributed by atoms with Crippen molar-refractivity contribution in [2.24, 2.45) is 0 Å². The highest BCUT2D eigenvalue weighted by Gasteiger charge is 2.25. The fourth-order valence-electron chi connectivity index (χ4n) is 3.76. The lowest BCUT2D eigenvalue weighted by molar-refractivity contribution is 0.0236. The highest BCUT2D eigenvalue weighted by atomic mass is 79.9. The van der Waals surface area contributed by atoms with E-state index in [4.69, 9.17) is 9.47 Å². The SMILES string of the molecule is COc1ccc(Br)c(CN(CCc2ccccc2)C(=O)OC(C)(C)C)c1NCCc1ccccc1. The van der Waals surface area contributed by atoms with E-state index in [2.05, 4.69) is 45.5 Å². The molecule has 0 aliphatic heterocycles. The first-order chi connectivity index (χ1) is 16.8. The zero-order valence-corrected chi connectivity index (χ0v) is 22.6. The Morgan fingerprint density at radius 3 is 2.09 bits per heavy atom. The molecule has 1 N–H and O–H groups in total. The van der Waals surface area contributed by atoms with E-state index in [0.29, 0.717) is 13.1 Å². The van der Waals surface area contributed by atoms with Gasteiger partial charge in [-0.15, -0.1) is 0 Å². The molecule has 0 radical (unpaired) electrons. The van der Waals surface area contributed by atoms with Crippen LogP contribution in [0.15, 0.2) is 77.3 Å². The van der Waals surface area contributed by atoms with E-state index in [9.17, 15) is 4.79 Å². The quantitative estimate of drug-likeness (QED) is 0.299. The second-order valence-electron chi connectivity index (χ2n) is 9.40. The van der Waals surface area contributed by atoms with Crippen molar-refractivity contribution in [2.45, 2.75) is 45.8 Å². The maximum Gasteiger partial charge on any atom is 0.410 e. The zero-order valence-electron chi connectivity index (χ0n) is 21.0. The Morgan fingerprint density at radius 1 is 0.914 bits per heavy atom. The predicted molar refractivity (Wildman–Crippen MR) is 146 cm³/mol. The van der Waals surface area contributed by atoms with Gasteiger partial charge >= 0.3 is 6.09 Å². The van der Waals surface area contributed by atoms with Crippen LogP contribution in [0.5, 0.6) is 5.75 Å². The molecular weight excluding hydrogens is 504 g/mol. The Labute approximate surface area is 217 Å². The summed E-state index contributed by atoms with van der Waals surface area (Å²) in [6, 6.07) is 24.4. The van der Waals surface area contributed by atoms with Crippen LogP contribution in [0.3, 0.4) is 0 Å². The average Bonchev–Trinajstić information content (AvgIpc) is 2.83. The second kappa shape index (κ2) is 12.6. The van der Waals surface area contributed by atoms with Gasteiger partial charge in [-0.3, -0.25) is 0 Å². The first-order valence-electron chi connectivity index (χ1n) is 11.9. The third-order valence-electron chi connectivity index (χ3n) is 5.51. The van der Waals surface area contributed by atoms with Gasteiger partial charge in [0.25, 0.3) is 0 Å². The Morgan fingerprint density at radius 2 is 1.51 bits per heavy atom. The van der Waals surface area contributed by atoms with Crippen molar-refractivity contribution in [1.29, 1.82) is 0 Å². The maximum atomic E-state index is 13.2. The number of hydrogen-bond acceptors (Lipinski definition) is 4. The molecule has 3 rings (SSSR count). The number of anilines is 1. The van der Waals surface area contributed by atoms with Crippen LogP contribution in [0.25, 0.3) is 0 Å². The number of carbonyl (C=O) groups is 1. The van der Waals surface area contributed by atoms with Crippen LogP contribution in [0.2, 0.25) is 0 Å². The largest absolute Gasteiger partial charge is 0.495 e. The van der Waals surface area contributed by atoms with Crippen LogP contribution < -0.4 is 10.1 Å². The number of rotatable bonds is 10. The monoisotopic (exact) mass is 538 g/mol. The minimum absolute atomic E-state index is 0.335. The van der Waals surface area contributed by atoms with Gasteiger partial charge in [-0.1, -0.05) is 76.6 Å². The molecule has 0 unspecified atom stereocenters. The third kappa shape index (κ3) is 8.32. The predicted octanol–water partition coefficient (Wildman–Crippen LogP) is 7.09. The van der Waals surface area contributed by atoms with Crippen molar-refractivity contribution in [3.05, 3.63) is 94.0 Å². The molecule has 0 aromatic heterocycles. The summed E-state index contributed by atoms with van der Waals surface area (Å²) < 4.78 is 12.3. The molecule has 5 nitrogen and oxygen atoms in total. The van der Waals surface area contributed by atoms with E-state index < -0.39 is 5.60 Å². The molecule has 0 spiro atoms. The van der Waals surface area contributed by atoms with Crippen molar-refractivity contribution in [3.63, 3.8) is 0 Å². The van der Waals surface area contributed by atoms with Crippen molar-refractivity contribution in [2.75, 3.05) is 25.5 Å². The molecule has 0 fully saturated rings. The minimum Gasteiger partial charge on any atom is -0.495 e. The van der Waals surface area contributed by atoms with Gasteiger partial charge in [0.05, 0.1) is 19.3 Å². The Bertz CT molecular complexity index is 1080. The minimum atomic E-state index is -0.579. The van der Waals surface area contributed by atoms with Gasteiger partial charge in [0.1, 0.15) is 11.4 Å². The highest BCUT2D eigenvalue weighted by Crippen LogP contribution is 2.35. The molecule has 0 saturated heterocycles. The number of halogens is 1. The summed E-state index contributed by atoms with van der Waals surface area (Å²) in [5, 5.41) is 3.55. The molecule has 0 saturated carbocycles. The first-order valence-corrected chi connectivity index (χ1v) is 12.7. The van der Waals surface area contributed by atoms with Crippen molar-refractivity contribution < 1.29 is 14.3 Å². The normalized spacial score (nSPS) is 11.1. The van der Waals surface area contributed by atoms with Gasteiger partial charge in [0.2, 0.25) is 0 Å². The fourth-order valence-corrected chi connectivity index (χ4v) is 4.21. The highest BCUT2D eigenvalue weighted by molar-refractivity contribution is 9.10. The van der Waals surface area contributed by atoms with Crippen LogP contribution >= 0.6 is 15.9 Å². The van der Waals surface area contributed by atoms with Gasteiger partial charge in [0, 0.05) is 23.1 Å². The summed E-state index contributed by atoms with van der Waals surface area (Å²) >= 11 is 3.71. The molecule has 0 heterocycles. The number of nitrogens with zero attached hydrogens (tertiary/aromatic N) is 1. The summed E-state index contributed by atoms with van der Waals surface area (Å²) in [6.45, 7) is 7.31. The van der Waals surface area contributed by atoms with Crippen molar-refractivity contribution in [1.82, 2.24) is 4.90 Å². The Kier molecular flexibility index (Phi) is 9.61. The van der Waals surface area contributed by atoms with E-state index in [0.717, 1.165) is 40.9 Å². The molecule has 3 aromatic rings. The molecule has 35 heavy (non-hydrogen) atoms. The van der Waals surface area contributed by atoms with Crippen LogP contribution in [0, 0.1) is 0 Å². The molecule has 1 amide bonds. The average molecular weight is 540 g/mol. The van der Waals surface area contributed by atoms with E-state index in [1.165, 1.54) is 11.1 Å². The van der Waals surface area contributed by atoms with Gasteiger partial charge in [0.15, 0.2) is 0 Å². The van der Waals surface area contributed by atoms with Crippen LogP contribution in [-0.4, -0.2) is 36.8 Å². The van der Waals surface area contributed by atoms with Crippen LogP contribution in [-0.2, 0) is 24.1 Å². The lowest BCUT2D eigenvalue weighted by Gasteiger charge is -2.29. The lowest BCUT2D eigenvalue weighted by atomic mass is 10.1. The summed E-state index contributed by atoms with van der Waals surface area (Å²) in [7, 11) is 1.66. The summed E-state index contributed by atoms with van der Waals surface area (Å²) in [4.78, 5) is 15.0. The number of amides is 1. The number of methoxy groups -OCH3 is 1. The number of carbonyl (C=O) groups excluding carboxylic acids is 1. The van der Waals surface area contributed by atoms with Gasteiger partial charge < -0.3 is 19.7 Å². The third-order valence-corrected chi connectivity index (χ3v) is 6.25. The number of hydrogen-bond donors (Lipinski definition) is 1. The number of ether oxygens (including phenoxy) is 2. The van der Waals surface area contributed by atoms with Crippen LogP contribution in [0.1, 0.15) is 37.5 Å². The molecular formula is C29H35BrN2O3. The van der Waals surface area contributed by atoms with Gasteiger partial charge in [-0.25, -0.2) is 4.79 Å². The van der Waals surface area contributed by atoms with Crippen molar-refractivity contribution in [3.8, 4) is 5.75 Å². The van der Waals surface area contributed by atoms with Gasteiger partial charge in [-0.2, -0.15) is 0 Å². The maximum absolute atomic E-state index is 13.2. The standard InChI is InChI=1S/C29H35BrN2O3/c1-29(2,3)35-28(33)32(20-18-23-13-9-6-10-14-23)21-24-25(30)15-16-26(34-4)27(24)31-19-17-22-11-7-5-8-12-22/h5-16,31H,17-21H2,1-4H3. The first kappa shape index (κ1) is 26.6. The molecule has 0 bridgehead atoms. The van der Waals surface area contributed by atoms with E-state index in [1.807, 2.05) is 69.3 Å². The molecule has 0 aliphatic rings.